The van der Waals surface area contributed by atoms with Crippen LogP contribution in [0, 0.1) is 0 Å². The van der Waals surface area contributed by atoms with Gasteiger partial charge in [-0.05, 0) is 70.6 Å². The molecule has 0 bridgehead atoms. The van der Waals surface area contributed by atoms with E-state index in [4.69, 9.17) is 14.2 Å². The Hall–Kier alpha value is -2.66. The van der Waals surface area contributed by atoms with Gasteiger partial charge in [0.25, 0.3) is 0 Å². The van der Waals surface area contributed by atoms with Gasteiger partial charge in [0.1, 0.15) is 6.61 Å². The second-order valence-electron chi connectivity index (χ2n) is 17.4. The van der Waals surface area contributed by atoms with E-state index in [0.29, 0.717) is 13.0 Å². The molecule has 0 heterocycles. The lowest BCUT2D eigenvalue weighted by molar-refractivity contribution is -0.162. The molecule has 0 aliphatic carbocycles. The number of carbonyl (C=O) groups is 2. The van der Waals surface area contributed by atoms with Crippen LogP contribution in [0.2, 0.25) is 0 Å². The van der Waals surface area contributed by atoms with Crippen LogP contribution in [-0.4, -0.2) is 37.9 Å². The van der Waals surface area contributed by atoms with Crippen molar-refractivity contribution < 1.29 is 23.8 Å². The molecule has 0 amide bonds. The molecular weight excluding hydrogens is 765 g/mol. The second-order valence-corrected chi connectivity index (χ2v) is 17.4. The number of rotatable bonds is 48. The molecule has 0 aliphatic rings. The van der Waals surface area contributed by atoms with Crippen LogP contribution < -0.4 is 0 Å². The third-order valence-corrected chi connectivity index (χ3v) is 11.3. The molecule has 0 aromatic heterocycles. The maximum absolute atomic E-state index is 12.8. The van der Waals surface area contributed by atoms with E-state index in [1.165, 1.54) is 148 Å². The Bertz CT molecular complexity index is 1110. The van der Waals surface area contributed by atoms with Crippen LogP contribution in [0.3, 0.4) is 0 Å². The van der Waals surface area contributed by atoms with Gasteiger partial charge in [-0.15, -0.1) is 0 Å². The minimum Gasteiger partial charge on any atom is -0.461 e. The smallest absolute Gasteiger partial charge is 0.309 e. The van der Waals surface area contributed by atoms with Crippen molar-refractivity contribution in [3.05, 3.63) is 72.9 Å². The molecule has 62 heavy (non-hydrogen) atoms. The molecule has 0 saturated carbocycles. The Morgan fingerprint density at radius 1 is 0.387 bits per heavy atom. The van der Waals surface area contributed by atoms with E-state index in [1.807, 2.05) is 12.2 Å². The normalized spacial score (nSPS) is 12.8. The molecule has 1 atom stereocenters. The molecule has 0 aliphatic heterocycles. The molecule has 0 aromatic carbocycles. The van der Waals surface area contributed by atoms with Gasteiger partial charge in [0.15, 0.2) is 6.10 Å². The first kappa shape index (κ1) is 59.3. The fourth-order valence-corrected chi connectivity index (χ4v) is 7.34. The molecule has 5 heteroatoms. The number of carbonyl (C=O) groups excluding carboxylic acids is 2. The molecule has 0 aromatic rings. The van der Waals surface area contributed by atoms with Gasteiger partial charge in [-0.1, -0.05) is 241 Å². The van der Waals surface area contributed by atoms with Gasteiger partial charge in [-0.3, -0.25) is 9.59 Å². The fraction of sp³-hybridized carbons (Fsp3) is 0.754. The van der Waals surface area contributed by atoms with Crippen LogP contribution in [0.25, 0.3) is 0 Å². The van der Waals surface area contributed by atoms with E-state index >= 15 is 0 Å². The van der Waals surface area contributed by atoms with Crippen molar-refractivity contribution in [2.45, 2.75) is 258 Å². The van der Waals surface area contributed by atoms with Gasteiger partial charge in [-0.2, -0.15) is 0 Å². The first-order chi connectivity index (χ1) is 30.6. The molecule has 0 radical (unpaired) electrons. The van der Waals surface area contributed by atoms with Crippen LogP contribution in [-0.2, 0) is 23.8 Å². The van der Waals surface area contributed by atoms with E-state index in [1.54, 1.807) is 0 Å². The second kappa shape index (κ2) is 52.7. The minimum absolute atomic E-state index is 0.0283. The number of hydrogen-bond acceptors (Lipinski definition) is 5. The van der Waals surface area contributed by atoms with Crippen LogP contribution in [0.15, 0.2) is 72.9 Å². The summed E-state index contributed by atoms with van der Waals surface area (Å²) in [5.41, 5.74) is 0. The molecule has 0 spiro atoms. The molecule has 1 unspecified atom stereocenters. The highest BCUT2D eigenvalue weighted by molar-refractivity contribution is 5.71. The standard InChI is InChI=1S/C57H100O5/c1-4-7-10-13-16-19-22-25-27-28-29-31-34-37-40-43-46-49-52-60-53-55(62-57(59)51-48-45-42-39-36-32-24-21-18-15-12-9-6-3)54-61-56(58)50-47-44-41-38-35-33-30-26-23-20-17-14-11-8-5-2/h8,11,17,20-21,24,26,30,35,38,44,47,55H,4-7,9-10,12-16,18-19,22-23,25,27-29,31-34,36-37,39-43,45-46,48-54H2,1-3H3/b11-8-,20-17-,24-21-,30-26-,38-35-,47-44-. The largest absolute Gasteiger partial charge is 0.461 e. The summed E-state index contributed by atoms with van der Waals surface area (Å²) in [5.74, 6) is -0.547. The highest BCUT2D eigenvalue weighted by Gasteiger charge is 2.17. The van der Waals surface area contributed by atoms with Crippen molar-refractivity contribution in [1.29, 1.82) is 0 Å². The molecule has 5 nitrogen and oxygen atoms in total. The predicted octanol–water partition coefficient (Wildman–Crippen LogP) is 17.9. The maximum atomic E-state index is 12.8. The van der Waals surface area contributed by atoms with Crippen molar-refractivity contribution in [2.24, 2.45) is 0 Å². The third kappa shape index (κ3) is 50.0. The number of ether oxygens (including phenoxy) is 3. The van der Waals surface area contributed by atoms with Crippen LogP contribution in [0.5, 0.6) is 0 Å². The topological polar surface area (TPSA) is 61.8 Å². The number of unbranched alkanes of at least 4 members (excludes halogenated alkanes) is 26. The van der Waals surface area contributed by atoms with Crippen molar-refractivity contribution in [1.82, 2.24) is 0 Å². The Labute approximate surface area is 385 Å². The molecule has 0 saturated heterocycles. The summed E-state index contributed by atoms with van der Waals surface area (Å²) in [7, 11) is 0. The molecular formula is C57H100O5. The van der Waals surface area contributed by atoms with Gasteiger partial charge < -0.3 is 14.2 Å². The lowest BCUT2D eigenvalue weighted by Gasteiger charge is -2.18. The van der Waals surface area contributed by atoms with Gasteiger partial charge in [0, 0.05) is 13.0 Å². The maximum Gasteiger partial charge on any atom is 0.309 e. The first-order valence-electron chi connectivity index (χ1n) is 26.5. The van der Waals surface area contributed by atoms with E-state index < -0.39 is 6.10 Å². The number of allylic oxidation sites excluding steroid dienone is 11. The quantitative estimate of drug-likeness (QED) is 0.0346. The summed E-state index contributed by atoms with van der Waals surface area (Å²) in [5, 5.41) is 0. The molecule has 0 fully saturated rings. The van der Waals surface area contributed by atoms with E-state index in [2.05, 4.69) is 81.5 Å². The summed E-state index contributed by atoms with van der Waals surface area (Å²) in [6.45, 7) is 7.61. The third-order valence-electron chi connectivity index (χ3n) is 11.3. The van der Waals surface area contributed by atoms with E-state index in [9.17, 15) is 9.59 Å². The van der Waals surface area contributed by atoms with Crippen molar-refractivity contribution in [3.63, 3.8) is 0 Å². The number of esters is 2. The lowest BCUT2D eigenvalue weighted by Crippen LogP contribution is -2.30. The van der Waals surface area contributed by atoms with Crippen LogP contribution >= 0.6 is 0 Å². The predicted molar refractivity (Wildman–Crippen MR) is 270 cm³/mol. The van der Waals surface area contributed by atoms with Crippen molar-refractivity contribution >= 4 is 11.9 Å². The van der Waals surface area contributed by atoms with E-state index in [-0.39, 0.29) is 31.6 Å². The highest BCUT2D eigenvalue weighted by atomic mass is 16.6. The van der Waals surface area contributed by atoms with Gasteiger partial charge in [-0.25, -0.2) is 0 Å². The zero-order chi connectivity index (χ0) is 44.9. The average Bonchev–Trinajstić information content (AvgIpc) is 3.27. The van der Waals surface area contributed by atoms with Gasteiger partial charge in [0.05, 0.1) is 13.0 Å². The minimum atomic E-state index is -0.580. The summed E-state index contributed by atoms with van der Waals surface area (Å²) >= 11 is 0. The van der Waals surface area contributed by atoms with Crippen molar-refractivity contribution in [2.75, 3.05) is 19.8 Å². The molecule has 358 valence electrons. The zero-order valence-corrected chi connectivity index (χ0v) is 41.1. The Kier molecular flexibility index (Phi) is 50.4. The summed E-state index contributed by atoms with van der Waals surface area (Å²) in [6, 6.07) is 0. The van der Waals surface area contributed by atoms with Crippen LogP contribution in [0.4, 0.5) is 0 Å². The van der Waals surface area contributed by atoms with E-state index in [0.717, 1.165) is 70.6 Å². The van der Waals surface area contributed by atoms with Gasteiger partial charge in [0.2, 0.25) is 0 Å². The SMILES string of the molecule is CC/C=C\C/C=C\C/C=C\C/C=C\C/C=C\CC(=O)OCC(COCCCCCCCCCCCCCCCCCCCC)OC(=O)CCCCCCC/C=C\CCCCCC. The highest BCUT2D eigenvalue weighted by Crippen LogP contribution is 2.15. The molecule has 0 rings (SSSR count). The Balaban J connectivity index is 4.35. The summed E-state index contributed by atoms with van der Waals surface area (Å²) < 4.78 is 17.3. The first-order valence-corrected chi connectivity index (χ1v) is 26.5. The zero-order valence-electron chi connectivity index (χ0n) is 41.1. The Morgan fingerprint density at radius 3 is 1.24 bits per heavy atom. The van der Waals surface area contributed by atoms with Gasteiger partial charge >= 0.3 is 11.9 Å². The fourth-order valence-electron chi connectivity index (χ4n) is 7.34. The lowest BCUT2D eigenvalue weighted by atomic mass is 10.0. The summed E-state index contributed by atoms with van der Waals surface area (Å²) in [4.78, 5) is 25.3. The summed E-state index contributed by atoms with van der Waals surface area (Å²) in [6.07, 6.45) is 68.0. The van der Waals surface area contributed by atoms with Crippen molar-refractivity contribution in [3.8, 4) is 0 Å². The Morgan fingerprint density at radius 2 is 0.774 bits per heavy atom. The van der Waals surface area contributed by atoms with Crippen LogP contribution in [0.1, 0.15) is 252 Å². The monoisotopic (exact) mass is 865 g/mol. The number of hydrogen-bond donors (Lipinski definition) is 0. The molecule has 0 N–H and O–H groups in total. The average molecular weight is 865 g/mol.